The Morgan fingerprint density at radius 3 is 2.77 bits per heavy atom. The van der Waals surface area contributed by atoms with Gasteiger partial charge < -0.3 is 10.1 Å². The Hall–Kier alpha value is -2.47. The molecule has 0 atom stereocenters. The van der Waals surface area contributed by atoms with Crippen molar-refractivity contribution in [1.82, 2.24) is 4.98 Å². The zero-order valence-electron chi connectivity index (χ0n) is 11.8. The fourth-order valence-corrected chi connectivity index (χ4v) is 2.95. The van der Waals surface area contributed by atoms with Gasteiger partial charge in [0.25, 0.3) is 0 Å². The molecule has 0 spiro atoms. The first kappa shape index (κ1) is 14.5. The van der Waals surface area contributed by atoms with E-state index in [0.29, 0.717) is 15.3 Å². The van der Waals surface area contributed by atoms with Crippen LogP contribution in [0.15, 0.2) is 42.5 Å². The van der Waals surface area contributed by atoms with Crippen molar-refractivity contribution in [3.8, 4) is 5.75 Å². The Labute approximate surface area is 130 Å². The lowest BCUT2D eigenvalue weighted by atomic mass is 10.1. The summed E-state index contributed by atoms with van der Waals surface area (Å²) < 4.78 is 18.9. The van der Waals surface area contributed by atoms with E-state index in [1.807, 2.05) is 24.3 Å². The highest BCUT2D eigenvalue weighted by atomic mass is 32.1. The first-order valence-electron chi connectivity index (χ1n) is 6.63. The minimum absolute atomic E-state index is 0.162. The lowest BCUT2D eigenvalue weighted by molar-refractivity contribution is -0.115. The molecular formula is C16H13FN2O2S. The molecule has 3 rings (SSSR count). The van der Waals surface area contributed by atoms with Crippen LogP contribution in [0, 0.1) is 5.82 Å². The number of nitrogens with one attached hydrogen (secondary N) is 1. The number of thiazole rings is 1. The molecule has 0 saturated carbocycles. The summed E-state index contributed by atoms with van der Waals surface area (Å²) in [5.74, 6) is 0.273. The second-order valence-corrected chi connectivity index (χ2v) is 5.73. The number of nitrogens with zero attached hydrogens (tertiary/aromatic N) is 1. The van der Waals surface area contributed by atoms with E-state index in [-0.39, 0.29) is 18.1 Å². The maximum absolute atomic E-state index is 13.1. The first-order chi connectivity index (χ1) is 10.6. The van der Waals surface area contributed by atoms with Crippen molar-refractivity contribution < 1.29 is 13.9 Å². The molecule has 2 aromatic carbocycles. The topological polar surface area (TPSA) is 51.2 Å². The van der Waals surface area contributed by atoms with Crippen molar-refractivity contribution >= 4 is 32.6 Å². The molecule has 0 radical (unpaired) electrons. The van der Waals surface area contributed by atoms with E-state index in [4.69, 9.17) is 4.74 Å². The fourth-order valence-electron chi connectivity index (χ4n) is 2.04. The molecule has 0 unspecified atom stereocenters. The van der Waals surface area contributed by atoms with Crippen LogP contribution in [-0.2, 0) is 11.2 Å². The van der Waals surface area contributed by atoms with Crippen molar-refractivity contribution in [2.45, 2.75) is 6.42 Å². The second kappa shape index (κ2) is 6.11. The molecule has 0 bridgehead atoms. The standard InChI is InChI=1S/C16H13FN2O2S/c1-21-12-5-2-10(3-6-12)8-15(20)19-16-18-13-7-4-11(17)9-14(13)22-16/h2-7,9H,8H2,1H3,(H,18,19,20). The highest BCUT2D eigenvalue weighted by molar-refractivity contribution is 7.22. The highest BCUT2D eigenvalue weighted by Crippen LogP contribution is 2.26. The molecule has 3 aromatic rings. The van der Waals surface area contributed by atoms with Gasteiger partial charge in [-0.25, -0.2) is 9.37 Å². The predicted molar refractivity (Wildman–Crippen MR) is 84.9 cm³/mol. The van der Waals surface area contributed by atoms with Crippen molar-refractivity contribution in [3.05, 3.63) is 53.8 Å². The van der Waals surface area contributed by atoms with Crippen LogP contribution in [0.25, 0.3) is 10.2 Å². The second-order valence-electron chi connectivity index (χ2n) is 4.70. The van der Waals surface area contributed by atoms with Gasteiger partial charge >= 0.3 is 0 Å². The number of anilines is 1. The number of halogens is 1. The Bertz CT molecular complexity index is 815. The average Bonchev–Trinajstić information content (AvgIpc) is 2.89. The molecule has 1 amide bonds. The Balaban J connectivity index is 1.69. The third-order valence-corrected chi connectivity index (χ3v) is 4.05. The maximum atomic E-state index is 13.1. The molecule has 6 heteroatoms. The van der Waals surface area contributed by atoms with Gasteiger partial charge in [-0.2, -0.15) is 0 Å². The first-order valence-corrected chi connectivity index (χ1v) is 7.44. The number of carbonyl (C=O) groups is 1. The summed E-state index contributed by atoms with van der Waals surface area (Å²) in [6.45, 7) is 0. The number of fused-ring (bicyclic) bond motifs is 1. The van der Waals surface area contributed by atoms with Gasteiger partial charge in [0, 0.05) is 0 Å². The lowest BCUT2D eigenvalue weighted by Gasteiger charge is -2.03. The molecule has 112 valence electrons. The van der Waals surface area contributed by atoms with Crippen LogP contribution in [0.1, 0.15) is 5.56 Å². The summed E-state index contributed by atoms with van der Waals surface area (Å²) in [5.41, 5.74) is 1.55. The fraction of sp³-hybridized carbons (Fsp3) is 0.125. The molecule has 0 fully saturated rings. The van der Waals surface area contributed by atoms with Gasteiger partial charge in [-0.15, -0.1) is 0 Å². The van der Waals surface area contributed by atoms with Crippen molar-refractivity contribution in [1.29, 1.82) is 0 Å². The summed E-state index contributed by atoms with van der Waals surface area (Å²) >= 11 is 1.25. The van der Waals surface area contributed by atoms with Crippen molar-refractivity contribution in [2.24, 2.45) is 0 Å². The minimum Gasteiger partial charge on any atom is -0.497 e. The number of benzene rings is 2. The molecule has 1 N–H and O–H groups in total. The number of ether oxygens (including phenoxy) is 1. The van der Waals surface area contributed by atoms with Crippen molar-refractivity contribution in [3.63, 3.8) is 0 Å². The van der Waals surface area contributed by atoms with Crippen LogP contribution < -0.4 is 10.1 Å². The van der Waals surface area contributed by atoms with E-state index in [1.165, 1.54) is 23.5 Å². The van der Waals surface area contributed by atoms with Crippen LogP contribution in [0.3, 0.4) is 0 Å². The molecular weight excluding hydrogens is 303 g/mol. The number of carbonyl (C=O) groups excluding carboxylic acids is 1. The number of aromatic nitrogens is 1. The Morgan fingerprint density at radius 1 is 1.27 bits per heavy atom. The number of rotatable bonds is 4. The van der Waals surface area contributed by atoms with Gasteiger partial charge in [0.2, 0.25) is 5.91 Å². The molecule has 0 aliphatic carbocycles. The third kappa shape index (κ3) is 3.23. The molecule has 4 nitrogen and oxygen atoms in total. The van der Waals surface area contributed by atoms with Gasteiger partial charge in [0.1, 0.15) is 11.6 Å². The molecule has 1 aromatic heterocycles. The van der Waals surface area contributed by atoms with Crippen LogP contribution in [-0.4, -0.2) is 18.0 Å². The molecule has 0 aliphatic heterocycles. The molecule has 1 heterocycles. The van der Waals surface area contributed by atoms with Gasteiger partial charge in [-0.1, -0.05) is 23.5 Å². The summed E-state index contributed by atoms with van der Waals surface area (Å²) in [6, 6.07) is 11.7. The monoisotopic (exact) mass is 316 g/mol. The zero-order valence-corrected chi connectivity index (χ0v) is 12.6. The Kier molecular flexibility index (Phi) is 4.02. The maximum Gasteiger partial charge on any atom is 0.230 e. The quantitative estimate of drug-likeness (QED) is 0.800. The smallest absolute Gasteiger partial charge is 0.230 e. The lowest BCUT2D eigenvalue weighted by Crippen LogP contribution is -2.14. The van der Waals surface area contributed by atoms with E-state index in [2.05, 4.69) is 10.3 Å². The summed E-state index contributed by atoms with van der Waals surface area (Å²) in [7, 11) is 1.59. The third-order valence-electron chi connectivity index (χ3n) is 3.12. The summed E-state index contributed by atoms with van der Waals surface area (Å²) in [5, 5.41) is 3.21. The van der Waals surface area contributed by atoms with E-state index >= 15 is 0 Å². The highest BCUT2D eigenvalue weighted by Gasteiger charge is 2.09. The average molecular weight is 316 g/mol. The summed E-state index contributed by atoms with van der Waals surface area (Å²) in [4.78, 5) is 16.3. The number of amides is 1. The largest absolute Gasteiger partial charge is 0.497 e. The van der Waals surface area contributed by atoms with Gasteiger partial charge in [-0.3, -0.25) is 4.79 Å². The Morgan fingerprint density at radius 2 is 2.05 bits per heavy atom. The van der Waals surface area contributed by atoms with Crippen molar-refractivity contribution in [2.75, 3.05) is 12.4 Å². The number of hydrogen-bond donors (Lipinski definition) is 1. The normalized spacial score (nSPS) is 10.6. The summed E-state index contributed by atoms with van der Waals surface area (Å²) in [6.07, 6.45) is 0.244. The predicted octanol–water partition coefficient (Wildman–Crippen LogP) is 3.63. The van der Waals surface area contributed by atoms with E-state index in [1.54, 1.807) is 13.2 Å². The van der Waals surface area contributed by atoms with Gasteiger partial charge in [-0.05, 0) is 35.9 Å². The van der Waals surface area contributed by atoms with Crippen LogP contribution in [0.4, 0.5) is 9.52 Å². The van der Waals surface area contributed by atoms with E-state index in [9.17, 15) is 9.18 Å². The minimum atomic E-state index is -0.313. The van der Waals surface area contributed by atoms with E-state index < -0.39 is 0 Å². The van der Waals surface area contributed by atoms with Crippen LogP contribution >= 0.6 is 11.3 Å². The van der Waals surface area contributed by atoms with E-state index in [0.717, 1.165) is 11.3 Å². The SMILES string of the molecule is COc1ccc(CC(=O)Nc2nc3ccc(F)cc3s2)cc1. The van der Waals surface area contributed by atoms with Crippen LogP contribution in [0.5, 0.6) is 5.75 Å². The molecule has 0 saturated heterocycles. The van der Waals surface area contributed by atoms with Gasteiger partial charge in [0.05, 0.1) is 23.7 Å². The van der Waals surface area contributed by atoms with Crippen LogP contribution in [0.2, 0.25) is 0 Å². The van der Waals surface area contributed by atoms with Gasteiger partial charge in [0.15, 0.2) is 5.13 Å². The zero-order chi connectivity index (χ0) is 15.5. The number of methoxy groups -OCH3 is 1. The molecule has 22 heavy (non-hydrogen) atoms. The number of hydrogen-bond acceptors (Lipinski definition) is 4. The molecule has 0 aliphatic rings.